The average molecular weight is 452 g/mol. The number of rotatable bonds is 9. The summed E-state index contributed by atoms with van der Waals surface area (Å²) in [5.74, 6) is 0.442. The van der Waals surface area contributed by atoms with E-state index in [0.29, 0.717) is 54.1 Å². The number of nitrogen functional groups attached to an aromatic ring is 1. The van der Waals surface area contributed by atoms with Crippen LogP contribution in [0.15, 0.2) is 36.4 Å². The Morgan fingerprint density at radius 1 is 1.35 bits per heavy atom. The molecule has 31 heavy (non-hydrogen) atoms. The zero-order valence-corrected chi connectivity index (χ0v) is 18.2. The predicted molar refractivity (Wildman–Crippen MR) is 117 cm³/mol. The van der Waals surface area contributed by atoms with Gasteiger partial charge in [0, 0.05) is 32.2 Å². The highest BCUT2D eigenvalue weighted by Gasteiger charge is 2.22. The van der Waals surface area contributed by atoms with E-state index < -0.39 is 0 Å². The van der Waals surface area contributed by atoms with Crippen molar-refractivity contribution in [3.8, 4) is 11.5 Å². The number of benzene rings is 2. The van der Waals surface area contributed by atoms with Crippen LogP contribution in [-0.2, 0) is 4.74 Å². The molecule has 0 radical (unpaired) electrons. The molecular weight excluding hydrogens is 425 g/mol. The quantitative estimate of drug-likeness (QED) is 0.450. The molecule has 2 aromatic rings. The average Bonchev–Trinajstić information content (AvgIpc) is 2.78. The number of methoxy groups -OCH3 is 1. The number of nitrogens with zero attached hydrogens (tertiary/aromatic N) is 1. The zero-order chi connectivity index (χ0) is 22.2. The maximum Gasteiger partial charge on any atom is 0.255 e. The molecule has 1 aliphatic rings. The van der Waals surface area contributed by atoms with Gasteiger partial charge in [0.1, 0.15) is 17.3 Å². The van der Waals surface area contributed by atoms with Crippen LogP contribution in [-0.4, -0.2) is 63.4 Å². The van der Waals surface area contributed by atoms with Crippen molar-refractivity contribution >= 4 is 23.2 Å². The van der Waals surface area contributed by atoms with Crippen LogP contribution >= 0.6 is 11.6 Å². The molecule has 1 amide bonds. The van der Waals surface area contributed by atoms with Crippen LogP contribution in [0.3, 0.4) is 0 Å². The first-order valence-electron chi connectivity index (χ1n) is 10.1. The fourth-order valence-electron chi connectivity index (χ4n) is 3.33. The molecule has 7 nitrogen and oxygen atoms in total. The molecular formula is C22H27ClFN3O4. The number of carbonyl (C=O) groups excluding carboxylic acids is 1. The minimum absolute atomic E-state index is 0.119. The first kappa shape index (κ1) is 23.1. The third-order valence-corrected chi connectivity index (χ3v) is 5.30. The van der Waals surface area contributed by atoms with E-state index >= 15 is 0 Å². The van der Waals surface area contributed by atoms with E-state index in [-0.39, 0.29) is 17.8 Å². The number of nitrogens with one attached hydrogen (secondary N) is 1. The number of morpholine rings is 1. The summed E-state index contributed by atoms with van der Waals surface area (Å²) in [5.41, 5.74) is 6.45. The molecule has 1 atom stereocenters. The predicted octanol–water partition coefficient (Wildman–Crippen LogP) is 2.97. The molecule has 168 valence electrons. The highest BCUT2D eigenvalue weighted by Crippen LogP contribution is 2.28. The smallest absolute Gasteiger partial charge is 0.255 e. The van der Waals surface area contributed by atoms with E-state index in [9.17, 15) is 9.18 Å². The van der Waals surface area contributed by atoms with Crippen molar-refractivity contribution in [3.63, 3.8) is 0 Å². The van der Waals surface area contributed by atoms with Gasteiger partial charge in [-0.1, -0.05) is 11.6 Å². The Labute approximate surface area is 186 Å². The van der Waals surface area contributed by atoms with Gasteiger partial charge in [0.25, 0.3) is 5.91 Å². The summed E-state index contributed by atoms with van der Waals surface area (Å²) >= 11 is 6.04. The van der Waals surface area contributed by atoms with Gasteiger partial charge < -0.3 is 25.3 Å². The Morgan fingerprint density at radius 2 is 2.13 bits per heavy atom. The SMILES string of the molecule is COc1cc(N)c(Cl)cc1C(=O)NCC1CN(CCCOc2ccc(F)cc2)CCO1. The lowest BCUT2D eigenvalue weighted by Crippen LogP contribution is -2.47. The lowest BCUT2D eigenvalue weighted by molar-refractivity contribution is -0.0274. The third-order valence-electron chi connectivity index (χ3n) is 4.98. The monoisotopic (exact) mass is 451 g/mol. The molecule has 3 rings (SSSR count). The molecule has 1 saturated heterocycles. The highest BCUT2D eigenvalue weighted by molar-refractivity contribution is 6.33. The van der Waals surface area contributed by atoms with E-state index in [4.69, 9.17) is 31.5 Å². The molecule has 0 spiro atoms. The Balaban J connectivity index is 1.42. The van der Waals surface area contributed by atoms with Gasteiger partial charge in [0.15, 0.2) is 0 Å². The van der Waals surface area contributed by atoms with Gasteiger partial charge in [0.2, 0.25) is 0 Å². The fourth-order valence-corrected chi connectivity index (χ4v) is 3.50. The second kappa shape index (κ2) is 11.2. The standard InChI is InChI=1S/C22H27ClFN3O4/c1-29-21-12-20(25)19(23)11-18(21)22(28)26-13-17-14-27(8-10-31-17)7-2-9-30-16-5-3-15(24)4-6-16/h3-6,11-12,17H,2,7-10,13-14,25H2,1H3,(H,26,28). The second-order valence-electron chi connectivity index (χ2n) is 7.23. The number of nitrogens with two attached hydrogens (primary N) is 1. The topological polar surface area (TPSA) is 86.0 Å². The van der Waals surface area contributed by atoms with Crippen LogP contribution < -0.4 is 20.5 Å². The Bertz CT molecular complexity index is 882. The van der Waals surface area contributed by atoms with Crippen LogP contribution in [0.25, 0.3) is 0 Å². The molecule has 3 N–H and O–H groups in total. The number of anilines is 1. The van der Waals surface area contributed by atoms with Crippen LogP contribution in [0.2, 0.25) is 5.02 Å². The molecule has 1 unspecified atom stereocenters. The summed E-state index contributed by atoms with van der Waals surface area (Å²) in [6, 6.07) is 9.02. The fraction of sp³-hybridized carbons (Fsp3) is 0.409. The van der Waals surface area contributed by atoms with Crippen LogP contribution in [0.5, 0.6) is 11.5 Å². The minimum Gasteiger partial charge on any atom is -0.496 e. The number of halogens is 2. The van der Waals surface area contributed by atoms with E-state index in [1.54, 1.807) is 12.1 Å². The zero-order valence-electron chi connectivity index (χ0n) is 17.4. The summed E-state index contributed by atoms with van der Waals surface area (Å²) in [7, 11) is 1.47. The third kappa shape index (κ3) is 6.72. The lowest BCUT2D eigenvalue weighted by Gasteiger charge is -2.33. The number of amides is 1. The summed E-state index contributed by atoms with van der Waals surface area (Å²) in [6.07, 6.45) is 0.711. The van der Waals surface area contributed by atoms with Crippen molar-refractivity contribution in [2.24, 2.45) is 0 Å². The number of hydrogen-bond acceptors (Lipinski definition) is 6. The van der Waals surface area contributed by atoms with Crippen molar-refractivity contribution in [3.05, 3.63) is 52.8 Å². The van der Waals surface area contributed by atoms with Gasteiger partial charge in [0.05, 0.1) is 42.7 Å². The number of carbonyl (C=O) groups is 1. The molecule has 1 heterocycles. The molecule has 0 bridgehead atoms. The molecule has 0 aliphatic carbocycles. The van der Waals surface area contributed by atoms with Gasteiger partial charge in [-0.25, -0.2) is 4.39 Å². The van der Waals surface area contributed by atoms with Crippen LogP contribution in [0.4, 0.5) is 10.1 Å². The Morgan fingerprint density at radius 3 is 2.87 bits per heavy atom. The molecule has 9 heteroatoms. The van der Waals surface area contributed by atoms with Crippen molar-refractivity contribution in [2.75, 3.05) is 52.2 Å². The summed E-state index contributed by atoms with van der Waals surface area (Å²) in [5, 5.41) is 3.18. The summed E-state index contributed by atoms with van der Waals surface area (Å²) in [4.78, 5) is 14.9. The maximum absolute atomic E-state index is 12.9. The summed E-state index contributed by atoms with van der Waals surface area (Å²) in [6.45, 7) is 3.88. The molecule has 0 aromatic heterocycles. The van der Waals surface area contributed by atoms with Crippen molar-refractivity contribution in [2.45, 2.75) is 12.5 Å². The van der Waals surface area contributed by atoms with Gasteiger partial charge in [-0.3, -0.25) is 9.69 Å². The van der Waals surface area contributed by atoms with Gasteiger partial charge in [-0.15, -0.1) is 0 Å². The number of ether oxygens (including phenoxy) is 3. The van der Waals surface area contributed by atoms with E-state index in [1.165, 1.54) is 31.4 Å². The molecule has 2 aromatic carbocycles. The van der Waals surface area contributed by atoms with Crippen molar-refractivity contribution in [1.29, 1.82) is 0 Å². The second-order valence-corrected chi connectivity index (χ2v) is 7.64. The van der Waals surface area contributed by atoms with Gasteiger partial charge in [-0.2, -0.15) is 0 Å². The first-order chi connectivity index (χ1) is 15.0. The Kier molecular flexibility index (Phi) is 8.34. The number of hydrogen-bond donors (Lipinski definition) is 2. The van der Waals surface area contributed by atoms with E-state index in [1.807, 2.05) is 0 Å². The first-order valence-corrected chi connectivity index (χ1v) is 10.5. The minimum atomic E-state index is -0.299. The van der Waals surface area contributed by atoms with Crippen LogP contribution in [0, 0.1) is 5.82 Å². The molecule has 1 aliphatic heterocycles. The van der Waals surface area contributed by atoms with E-state index in [2.05, 4.69) is 10.2 Å². The molecule has 0 saturated carbocycles. The van der Waals surface area contributed by atoms with Crippen molar-refractivity contribution in [1.82, 2.24) is 10.2 Å². The maximum atomic E-state index is 12.9. The molecule has 1 fully saturated rings. The lowest BCUT2D eigenvalue weighted by atomic mass is 10.1. The van der Waals surface area contributed by atoms with Gasteiger partial charge >= 0.3 is 0 Å². The normalized spacial score (nSPS) is 16.7. The summed E-state index contributed by atoms with van der Waals surface area (Å²) < 4.78 is 29.6. The van der Waals surface area contributed by atoms with E-state index in [0.717, 1.165) is 19.5 Å². The van der Waals surface area contributed by atoms with Gasteiger partial charge in [-0.05, 0) is 36.8 Å². The Hall–Kier alpha value is -2.55. The largest absolute Gasteiger partial charge is 0.496 e. The van der Waals surface area contributed by atoms with Crippen molar-refractivity contribution < 1.29 is 23.4 Å². The highest BCUT2D eigenvalue weighted by atomic mass is 35.5. The van der Waals surface area contributed by atoms with Crippen LogP contribution in [0.1, 0.15) is 16.8 Å².